The highest BCUT2D eigenvalue weighted by Gasteiger charge is 2.15. The molecule has 2 aromatic rings. The van der Waals surface area contributed by atoms with Crippen LogP contribution < -0.4 is 5.32 Å². The van der Waals surface area contributed by atoms with E-state index < -0.39 is 0 Å². The van der Waals surface area contributed by atoms with Gasteiger partial charge in [0.15, 0.2) is 0 Å². The molecule has 2 nitrogen and oxygen atoms in total. The van der Waals surface area contributed by atoms with Crippen LogP contribution in [0.25, 0.3) is 10.6 Å². The average Bonchev–Trinajstić information content (AvgIpc) is 2.73. The van der Waals surface area contributed by atoms with Crippen molar-refractivity contribution >= 4 is 28.8 Å². The molecule has 0 bridgehead atoms. The Kier molecular flexibility index (Phi) is 2.58. The van der Waals surface area contributed by atoms with Gasteiger partial charge in [0.05, 0.1) is 0 Å². The SMILES string of the molecule is Clc1ccc(-c2nc3c(s2)CCCN3)cc1. The maximum atomic E-state index is 5.87. The van der Waals surface area contributed by atoms with Gasteiger partial charge in [0.1, 0.15) is 10.8 Å². The summed E-state index contributed by atoms with van der Waals surface area (Å²) in [5.41, 5.74) is 1.14. The third-order valence-electron chi connectivity index (χ3n) is 2.66. The summed E-state index contributed by atoms with van der Waals surface area (Å²) in [5.74, 6) is 1.07. The molecule has 3 rings (SSSR count). The lowest BCUT2D eigenvalue weighted by atomic mass is 10.2. The standard InChI is InChI=1S/C12H11ClN2S/c13-9-5-3-8(4-6-9)12-15-11-10(16-12)2-1-7-14-11/h3-6,14H,1-2,7H2. The van der Waals surface area contributed by atoms with E-state index in [1.54, 1.807) is 11.3 Å². The lowest BCUT2D eigenvalue weighted by molar-refractivity contribution is 0.837. The van der Waals surface area contributed by atoms with Gasteiger partial charge in [0.2, 0.25) is 0 Å². The second-order valence-corrected chi connectivity index (χ2v) is 5.35. The van der Waals surface area contributed by atoms with Crippen molar-refractivity contribution in [1.82, 2.24) is 4.98 Å². The highest BCUT2D eigenvalue weighted by atomic mass is 35.5. The maximum absolute atomic E-state index is 5.87. The summed E-state index contributed by atoms with van der Waals surface area (Å²) in [4.78, 5) is 5.99. The fourth-order valence-electron chi connectivity index (χ4n) is 1.83. The van der Waals surface area contributed by atoms with E-state index in [1.807, 2.05) is 24.3 Å². The van der Waals surface area contributed by atoms with E-state index in [0.717, 1.165) is 34.4 Å². The van der Waals surface area contributed by atoms with Crippen LogP contribution in [0.5, 0.6) is 0 Å². The van der Waals surface area contributed by atoms with E-state index in [-0.39, 0.29) is 0 Å². The van der Waals surface area contributed by atoms with Gasteiger partial charge in [-0.3, -0.25) is 0 Å². The van der Waals surface area contributed by atoms with Crippen LogP contribution in [0.1, 0.15) is 11.3 Å². The first-order valence-corrected chi connectivity index (χ1v) is 6.52. The molecule has 0 saturated carbocycles. The molecule has 1 aliphatic rings. The Balaban J connectivity index is 2.00. The number of nitrogens with zero attached hydrogens (tertiary/aromatic N) is 1. The van der Waals surface area contributed by atoms with Crippen LogP contribution in [0.2, 0.25) is 5.02 Å². The van der Waals surface area contributed by atoms with Crippen molar-refractivity contribution in [3.8, 4) is 10.6 Å². The average molecular weight is 251 g/mol. The van der Waals surface area contributed by atoms with Crippen LogP contribution in [0.15, 0.2) is 24.3 Å². The fourth-order valence-corrected chi connectivity index (χ4v) is 3.04. The Morgan fingerprint density at radius 1 is 1.25 bits per heavy atom. The predicted octanol–water partition coefficient (Wildman–Crippen LogP) is 3.82. The van der Waals surface area contributed by atoms with Gasteiger partial charge in [0, 0.05) is 22.0 Å². The van der Waals surface area contributed by atoms with Crippen LogP contribution in [0.3, 0.4) is 0 Å². The Hall–Kier alpha value is -1.06. The number of fused-ring (bicyclic) bond motifs is 1. The molecule has 1 N–H and O–H groups in total. The van der Waals surface area contributed by atoms with Gasteiger partial charge in [-0.1, -0.05) is 23.7 Å². The molecule has 1 aliphatic heterocycles. The molecule has 0 radical (unpaired) electrons. The van der Waals surface area contributed by atoms with Crippen molar-refractivity contribution in [2.75, 3.05) is 11.9 Å². The molecule has 1 aromatic carbocycles. The zero-order chi connectivity index (χ0) is 11.0. The first kappa shape index (κ1) is 10.1. The Bertz CT molecular complexity index is 481. The monoisotopic (exact) mass is 250 g/mol. The van der Waals surface area contributed by atoms with Crippen molar-refractivity contribution in [3.63, 3.8) is 0 Å². The summed E-state index contributed by atoms with van der Waals surface area (Å²) in [7, 11) is 0. The molecule has 16 heavy (non-hydrogen) atoms. The highest BCUT2D eigenvalue weighted by molar-refractivity contribution is 7.15. The number of rotatable bonds is 1. The number of aryl methyl sites for hydroxylation is 1. The first-order valence-electron chi connectivity index (χ1n) is 5.32. The lowest BCUT2D eigenvalue weighted by Crippen LogP contribution is -2.09. The van der Waals surface area contributed by atoms with Crippen LogP contribution in [-0.2, 0) is 6.42 Å². The number of halogens is 1. The van der Waals surface area contributed by atoms with E-state index in [0.29, 0.717) is 0 Å². The van der Waals surface area contributed by atoms with E-state index in [9.17, 15) is 0 Å². The van der Waals surface area contributed by atoms with Crippen molar-refractivity contribution in [1.29, 1.82) is 0 Å². The molecule has 4 heteroatoms. The summed E-state index contributed by atoms with van der Waals surface area (Å²) < 4.78 is 0. The molecule has 0 spiro atoms. The highest BCUT2D eigenvalue weighted by Crippen LogP contribution is 2.33. The molecular formula is C12H11ClN2S. The van der Waals surface area contributed by atoms with Crippen LogP contribution in [0.4, 0.5) is 5.82 Å². The maximum Gasteiger partial charge on any atom is 0.140 e. The number of nitrogens with one attached hydrogen (secondary N) is 1. The van der Waals surface area contributed by atoms with Crippen molar-refractivity contribution < 1.29 is 0 Å². The van der Waals surface area contributed by atoms with Gasteiger partial charge in [0.25, 0.3) is 0 Å². The van der Waals surface area contributed by atoms with Gasteiger partial charge in [-0.15, -0.1) is 11.3 Å². The molecule has 82 valence electrons. The number of aromatic nitrogens is 1. The quantitative estimate of drug-likeness (QED) is 0.832. The summed E-state index contributed by atoms with van der Waals surface area (Å²) in [6.07, 6.45) is 2.35. The normalized spacial score (nSPS) is 14.3. The minimum atomic E-state index is 0.767. The zero-order valence-corrected chi connectivity index (χ0v) is 10.2. The minimum Gasteiger partial charge on any atom is -0.369 e. The predicted molar refractivity (Wildman–Crippen MR) is 69.4 cm³/mol. The van der Waals surface area contributed by atoms with Crippen molar-refractivity contribution in [3.05, 3.63) is 34.2 Å². The van der Waals surface area contributed by atoms with Crippen molar-refractivity contribution in [2.24, 2.45) is 0 Å². The minimum absolute atomic E-state index is 0.767. The summed E-state index contributed by atoms with van der Waals surface area (Å²) in [6.45, 7) is 1.04. The fraction of sp³-hybridized carbons (Fsp3) is 0.250. The van der Waals surface area contributed by atoms with Crippen LogP contribution >= 0.6 is 22.9 Å². The molecule has 0 saturated heterocycles. The van der Waals surface area contributed by atoms with Crippen molar-refractivity contribution in [2.45, 2.75) is 12.8 Å². The van der Waals surface area contributed by atoms with Gasteiger partial charge in [-0.2, -0.15) is 0 Å². The van der Waals surface area contributed by atoms with Gasteiger partial charge in [-0.25, -0.2) is 4.98 Å². The second kappa shape index (κ2) is 4.07. The molecule has 0 atom stereocenters. The third-order valence-corrected chi connectivity index (χ3v) is 4.08. The molecule has 0 fully saturated rings. The van der Waals surface area contributed by atoms with E-state index >= 15 is 0 Å². The molecule has 0 amide bonds. The van der Waals surface area contributed by atoms with E-state index in [2.05, 4.69) is 10.3 Å². The number of anilines is 1. The zero-order valence-electron chi connectivity index (χ0n) is 8.66. The number of hydrogen-bond donors (Lipinski definition) is 1. The Labute approximate surface area is 103 Å². The smallest absolute Gasteiger partial charge is 0.140 e. The molecular weight excluding hydrogens is 240 g/mol. The summed E-state index contributed by atoms with van der Waals surface area (Å²) in [6, 6.07) is 7.86. The second-order valence-electron chi connectivity index (χ2n) is 3.83. The summed E-state index contributed by atoms with van der Waals surface area (Å²) >= 11 is 7.65. The van der Waals surface area contributed by atoms with Gasteiger partial charge in [-0.05, 0) is 25.0 Å². The lowest BCUT2D eigenvalue weighted by Gasteiger charge is -2.10. The largest absolute Gasteiger partial charge is 0.369 e. The number of hydrogen-bond acceptors (Lipinski definition) is 3. The molecule has 2 heterocycles. The Morgan fingerprint density at radius 3 is 2.81 bits per heavy atom. The molecule has 1 aromatic heterocycles. The third kappa shape index (κ3) is 1.81. The van der Waals surface area contributed by atoms with Crippen LogP contribution in [0, 0.1) is 0 Å². The summed E-state index contributed by atoms with van der Waals surface area (Å²) in [5, 5.41) is 5.18. The molecule has 0 aliphatic carbocycles. The number of benzene rings is 1. The van der Waals surface area contributed by atoms with Crippen LogP contribution in [-0.4, -0.2) is 11.5 Å². The number of thiazole rings is 1. The van der Waals surface area contributed by atoms with Gasteiger partial charge >= 0.3 is 0 Å². The first-order chi connectivity index (χ1) is 7.83. The Morgan fingerprint density at radius 2 is 2.06 bits per heavy atom. The van der Waals surface area contributed by atoms with Gasteiger partial charge < -0.3 is 5.32 Å². The van der Waals surface area contributed by atoms with E-state index in [1.165, 1.54) is 11.3 Å². The van der Waals surface area contributed by atoms with E-state index in [4.69, 9.17) is 11.6 Å². The topological polar surface area (TPSA) is 24.9 Å². The molecule has 0 unspecified atom stereocenters.